The molecule has 0 atom stereocenters. The highest BCUT2D eigenvalue weighted by molar-refractivity contribution is 7.80. The van der Waals surface area contributed by atoms with Crippen LogP contribution in [0.15, 0.2) is 0 Å². The number of thiocarbonyl (C=S) groups is 1. The van der Waals surface area contributed by atoms with E-state index in [-0.39, 0.29) is 11.8 Å². The fourth-order valence-electron chi connectivity index (χ4n) is 0.741. The third kappa shape index (κ3) is 3.76. The molecular formula is C8H11N3OS. The van der Waals surface area contributed by atoms with Crippen LogP contribution in [0.2, 0.25) is 0 Å². The van der Waals surface area contributed by atoms with E-state index >= 15 is 0 Å². The van der Waals surface area contributed by atoms with Gasteiger partial charge in [0.1, 0.15) is 0 Å². The number of amides is 1. The van der Waals surface area contributed by atoms with Gasteiger partial charge in [0, 0.05) is 5.92 Å². The molecule has 0 aromatic rings. The van der Waals surface area contributed by atoms with Crippen molar-refractivity contribution in [3.8, 4) is 12.3 Å². The fourth-order valence-corrected chi connectivity index (χ4v) is 0.865. The van der Waals surface area contributed by atoms with Crippen molar-refractivity contribution in [1.29, 1.82) is 0 Å². The highest BCUT2D eigenvalue weighted by Gasteiger charge is 2.29. The van der Waals surface area contributed by atoms with Crippen molar-refractivity contribution in [2.75, 3.05) is 6.54 Å². The van der Waals surface area contributed by atoms with Gasteiger partial charge in [-0.3, -0.25) is 15.6 Å². The normalized spacial score (nSPS) is 14.1. The second-order valence-electron chi connectivity index (χ2n) is 2.78. The first kappa shape index (κ1) is 9.81. The van der Waals surface area contributed by atoms with Gasteiger partial charge < -0.3 is 5.32 Å². The van der Waals surface area contributed by atoms with Crippen LogP contribution in [0.3, 0.4) is 0 Å². The molecule has 13 heavy (non-hydrogen) atoms. The van der Waals surface area contributed by atoms with Crippen molar-refractivity contribution in [1.82, 2.24) is 16.2 Å². The number of carbonyl (C=O) groups is 1. The van der Waals surface area contributed by atoms with Crippen LogP contribution in [-0.2, 0) is 4.79 Å². The lowest BCUT2D eigenvalue weighted by atomic mass is 10.4. The lowest BCUT2D eigenvalue weighted by Crippen LogP contribution is -2.47. The summed E-state index contributed by atoms with van der Waals surface area (Å²) in [6.07, 6.45) is 6.94. The topological polar surface area (TPSA) is 53.2 Å². The van der Waals surface area contributed by atoms with E-state index in [1.165, 1.54) is 0 Å². The largest absolute Gasteiger partial charge is 0.350 e. The molecule has 0 radical (unpaired) electrons. The maximum Gasteiger partial charge on any atom is 0.241 e. The minimum Gasteiger partial charge on any atom is -0.350 e. The Hall–Kier alpha value is -1.28. The molecule has 4 nitrogen and oxygen atoms in total. The Labute approximate surface area is 82.4 Å². The quantitative estimate of drug-likeness (QED) is 0.318. The molecule has 1 aliphatic rings. The Morgan fingerprint density at radius 2 is 2.23 bits per heavy atom. The zero-order valence-corrected chi connectivity index (χ0v) is 7.91. The van der Waals surface area contributed by atoms with Crippen LogP contribution < -0.4 is 16.2 Å². The first-order valence-corrected chi connectivity index (χ1v) is 4.42. The zero-order chi connectivity index (χ0) is 9.68. The summed E-state index contributed by atoms with van der Waals surface area (Å²) in [6.45, 7) is 0.352. The van der Waals surface area contributed by atoms with Crippen LogP contribution in [0.5, 0.6) is 0 Å². The van der Waals surface area contributed by atoms with E-state index in [2.05, 4.69) is 22.1 Å². The second-order valence-corrected chi connectivity index (χ2v) is 3.18. The summed E-state index contributed by atoms with van der Waals surface area (Å²) in [4.78, 5) is 11.1. The number of hydrogen-bond donors (Lipinski definition) is 3. The summed E-state index contributed by atoms with van der Waals surface area (Å²) in [5.74, 6) is 2.53. The van der Waals surface area contributed by atoms with E-state index < -0.39 is 0 Å². The molecule has 0 heterocycles. The van der Waals surface area contributed by atoms with Crippen molar-refractivity contribution in [2.24, 2.45) is 5.92 Å². The smallest absolute Gasteiger partial charge is 0.241 e. The lowest BCUT2D eigenvalue weighted by molar-refractivity contribution is -0.122. The molecule has 3 N–H and O–H groups in total. The minimum atomic E-state index is -0.00939. The van der Waals surface area contributed by atoms with Gasteiger partial charge in [-0.05, 0) is 25.1 Å². The molecule has 0 saturated heterocycles. The van der Waals surface area contributed by atoms with Crippen LogP contribution >= 0.6 is 12.2 Å². The Morgan fingerprint density at radius 1 is 1.54 bits per heavy atom. The number of nitrogens with one attached hydrogen (secondary N) is 3. The third-order valence-corrected chi connectivity index (χ3v) is 1.84. The summed E-state index contributed by atoms with van der Waals surface area (Å²) >= 11 is 4.81. The van der Waals surface area contributed by atoms with Crippen molar-refractivity contribution >= 4 is 23.2 Å². The predicted octanol–water partition coefficient (Wildman–Crippen LogP) is -0.475. The highest BCUT2D eigenvalue weighted by Crippen LogP contribution is 2.28. The average Bonchev–Trinajstić information content (AvgIpc) is 2.93. The van der Waals surface area contributed by atoms with Crippen LogP contribution in [0.25, 0.3) is 0 Å². The molecule has 1 aliphatic carbocycles. The molecule has 1 saturated carbocycles. The van der Waals surface area contributed by atoms with Gasteiger partial charge in [-0.2, -0.15) is 0 Å². The Bertz CT molecular complexity index is 255. The number of hydrazine groups is 1. The second kappa shape index (κ2) is 4.67. The molecule has 70 valence electrons. The van der Waals surface area contributed by atoms with Crippen molar-refractivity contribution in [3.63, 3.8) is 0 Å². The molecule has 0 aliphatic heterocycles. The van der Waals surface area contributed by atoms with E-state index in [4.69, 9.17) is 18.6 Å². The Morgan fingerprint density at radius 3 is 2.77 bits per heavy atom. The molecule has 0 aromatic carbocycles. The maximum absolute atomic E-state index is 11.1. The van der Waals surface area contributed by atoms with Gasteiger partial charge in [-0.1, -0.05) is 5.92 Å². The average molecular weight is 197 g/mol. The number of terminal acetylenes is 1. The molecule has 0 bridgehead atoms. The standard InChI is InChI=1S/C8H11N3OS/c1-2-5-9-8(13)11-10-7(12)6-3-4-6/h1,6H,3-5H2,(H,10,12)(H2,9,11,13). The van der Waals surface area contributed by atoms with Crippen LogP contribution in [-0.4, -0.2) is 17.6 Å². The Balaban J connectivity index is 2.07. The molecule has 5 heteroatoms. The molecule has 1 rings (SSSR count). The number of rotatable bonds is 2. The van der Waals surface area contributed by atoms with Gasteiger partial charge in [0.05, 0.1) is 6.54 Å². The molecular weight excluding hydrogens is 186 g/mol. The lowest BCUT2D eigenvalue weighted by Gasteiger charge is -2.08. The van der Waals surface area contributed by atoms with E-state index in [0.29, 0.717) is 11.7 Å². The molecule has 0 spiro atoms. The van der Waals surface area contributed by atoms with E-state index in [9.17, 15) is 4.79 Å². The minimum absolute atomic E-state index is 0.00939. The van der Waals surface area contributed by atoms with E-state index in [1.807, 2.05) is 0 Å². The van der Waals surface area contributed by atoms with Crippen LogP contribution in [0.1, 0.15) is 12.8 Å². The van der Waals surface area contributed by atoms with Gasteiger partial charge >= 0.3 is 0 Å². The van der Waals surface area contributed by atoms with Crippen LogP contribution in [0.4, 0.5) is 0 Å². The maximum atomic E-state index is 11.1. The molecule has 0 unspecified atom stereocenters. The van der Waals surface area contributed by atoms with Gasteiger partial charge in [-0.25, -0.2) is 0 Å². The summed E-state index contributed by atoms with van der Waals surface area (Å²) in [5, 5.41) is 3.06. The fraction of sp³-hybridized carbons (Fsp3) is 0.500. The number of hydrogen-bond acceptors (Lipinski definition) is 2. The van der Waals surface area contributed by atoms with Crippen LogP contribution in [0, 0.1) is 18.3 Å². The van der Waals surface area contributed by atoms with Gasteiger partial charge in [0.15, 0.2) is 5.11 Å². The van der Waals surface area contributed by atoms with Gasteiger partial charge in [0.25, 0.3) is 0 Å². The highest BCUT2D eigenvalue weighted by atomic mass is 32.1. The first-order valence-electron chi connectivity index (χ1n) is 4.01. The Kier molecular flexibility index (Phi) is 3.53. The zero-order valence-electron chi connectivity index (χ0n) is 7.09. The monoisotopic (exact) mass is 197 g/mol. The molecule has 1 amide bonds. The first-order chi connectivity index (χ1) is 6.24. The number of carbonyl (C=O) groups excluding carboxylic acids is 1. The van der Waals surface area contributed by atoms with Gasteiger partial charge in [-0.15, -0.1) is 6.42 Å². The summed E-state index contributed by atoms with van der Waals surface area (Å²) in [7, 11) is 0. The van der Waals surface area contributed by atoms with E-state index in [0.717, 1.165) is 12.8 Å². The van der Waals surface area contributed by atoms with Crippen molar-refractivity contribution < 1.29 is 4.79 Å². The summed E-state index contributed by atoms with van der Waals surface area (Å²) in [6, 6.07) is 0. The predicted molar refractivity (Wildman–Crippen MR) is 53.4 cm³/mol. The van der Waals surface area contributed by atoms with E-state index in [1.54, 1.807) is 0 Å². The SMILES string of the molecule is C#CCNC(=S)NNC(=O)C1CC1. The summed E-state index contributed by atoms with van der Waals surface area (Å²) < 4.78 is 0. The molecule has 1 fully saturated rings. The van der Waals surface area contributed by atoms with Crippen molar-refractivity contribution in [2.45, 2.75) is 12.8 Å². The summed E-state index contributed by atoms with van der Waals surface area (Å²) in [5.41, 5.74) is 5.06. The van der Waals surface area contributed by atoms with Gasteiger partial charge in [0.2, 0.25) is 5.91 Å². The molecule has 0 aromatic heterocycles. The third-order valence-electron chi connectivity index (χ3n) is 1.60. The van der Waals surface area contributed by atoms with Crippen molar-refractivity contribution in [3.05, 3.63) is 0 Å².